The lowest BCUT2D eigenvalue weighted by Gasteiger charge is -2.26. The monoisotopic (exact) mass is 294 g/mol. The van der Waals surface area contributed by atoms with Crippen molar-refractivity contribution in [1.29, 1.82) is 0 Å². The summed E-state index contributed by atoms with van der Waals surface area (Å²) in [6, 6.07) is 6.12. The number of aromatic nitrogens is 2. The van der Waals surface area contributed by atoms with Crippen molar-refractivity contribution < 1.29 is 0 Å². The summed E-state index contributed by atoms with van der Waals surface area (Å²) in [5.41, 5.74) is 2.13. The fraction of sp³-hybridized carbons (Fsp3) is 0.417. The summed E-state index contributed by atoms with van der Waals surface area (Å²) in [6.07, 6.45) is 0. The van der Waals surface area contributed by atoms with Crippen molar-refractivity contribution in [3.8, 4) is 0 Å². The number of nitrogens with one attached hydrogen (secondary N) is 2. The standard InChI is InChI=1S/C12H15BrN4/c13-9-2-1-3-10-12(9)16-11(15-10)8-17-6-4-14-5-7-17/h1-3,14H,4-8H2,(H,15,16). The number of fused-ring (bicyclic) bond motifs is 1. The second-order valence-electron chi connectivity index (χ2n) is 4.35. The van der Waals surface area contributed by atoms with Gasteiger partial charge in [-0.05, 0) is 28.1 Å². The first-order valence-corrected chi connectivity index (χ1v) is 6.68. The third-order valence-corrected chi connectivity index (χ3v) is 3.74. The highest BCUT2D eigenvalue weighted by molar-refractivity contribution is 9.10. The van der Waals surface area contributed by atoms with Gasteiger partial charge in [0.05, 0.1) is 12.1 Å². The third kappa shape index (κ3) is 2.36. The Bertz CT molecular complexity index is 516. The highest BCUT2D eigenvalue weighted by Crippen LogP contribution is 2.21. The minimum atomic E-state index is 0.906. The van der Waals surface area contributed by atoms with Gasteiger partial charge in [-0.25, -0.2) is 4.98 Å². The minimum absolute atomic E-state index is 0.906. The lowest BCUT2D eigenvalue weighted by Crippen LogP contribution is -2.43. The number of nitrogens with zero attached hydrogens (tertiary/aromatic N) is 2. The first kappa shape index (κ1) is 11.2. The van der Waals surface area contributed by atoms with E-state index in [1.54, 1.807) is 0 Å². The normalized spacial score (nSPS) is 17.7. The maximum Gasteiger partial charge on any atom is 0.121 e. The molecule has 1 aliphatic rings. The van der Waals surface area contributed by atoms with E-state index in [4.69, 9.17) is 0 Å². The van der Waals surface area contributed by atoms with E-state index in [-0.39, 0.29) is 0 Å². The molecule has 0 aliphatic carbocycles. The summed E-state index contributed by atoms with van der Waals surface area (Å²) < 4.78 is 1.05. The van der Waals surface area contributed by atoms with Crippen LogP contribution >= 0.6 is 15.9 Å². The number of para-hydroxylation sites is 1. The van der Waals surface area contributed by atoms with E-state index >= 15 is 0 Å². The van der Waals surface area contributed by atoms with Gasteiger partial charge in [0.2, 0.25) is 0 Å². The zero-order chi connectivity index (χ0) is 11.7. The van der Waals surface area contributed by atoms with Gasteiger partial charge in [0.1, 0.15) is 11.3 Å². The topological polar surface area (TPSA) is 44.0 Å². The molecule has 0 saturated carbocycles. The Hall–Kier alpha value is -0.910. The number of imidazole rings is 1. The summed E-state index contributed by atoms with van der Waals surface area (Å²) in [5, 5.41) is 3.36. The van der Waals surface area contributed by atoms with Crippen LogP contribution in [0, 0.1) is 0 Å². The first-order valence-electron chi connectivity index (χ1n) is 5.89. The molecule has 0 unspecified atom stereocenters. The van der Waals surface area contributed by atoms with E-state index in [1.165, 1.54) is 0 Å². The fourth-order valence-electron chi connectivity index (χ4n) is 2.20. The fourth-order valence-corrected chi connectivity index (χ4v) is 2.66. The smallest absolute Gasteiger partial charge is 0.121 e. The minimum Gasteiger partial charge on any atom is -0.341 e. The van der Waals surface area contributed by atoms with Gasteiger partial charge in [0, 0.05) is 30.7 Å². The summed E-state index contributed by atoms with van der Waals surface area (Å²) in [7, 11) is 0. The van der Waals surface area contributed by atoms with Crippen LogP contribution in [-0.2, 0) is 6.54 Å². The first-order chi connectivity index (χ1) is 8.33. The van der Waals surface area contributed by atoms with Crippen molar-refractivity contribution in [2.75, 3.05) is 26.2 Å². The Kier molecular flexibility index (Phi) is 3.13. The van der Waals surface area contributed by atoms with E-state index < -0.39 is 0 Å². The molecule has 0 atom stereocenters. The molecule has 0 amide bonds. The van der Waals surface area contributed by atoms with Crippen LogP contribution in [0.2, 0.25) is 0 Å². The van der Waals surface area contributed by atoms with Crippen molar-refractivity contribution in [3.05, 3.63) is 28.5 Å². The van der Waals surface area contributed by atoms with Crippen LogP contribution in [0.4, 0.5) is 0 Å². The molecule has 90 valence electrons. The Labute approximate surface area is 109 Å². The van der Waals surface area contributed by atoms with Crippen LogP contribution in [0.15, 0.2) is 22.7 Å². The maximum absolute atomic E-state index is 4.64. The molecule has 0 spiro atoms. The third-order valence-electron chi connectivity index (χ3n) is 3.10. The Morgan fingerprint density at radius 2 is 2.12 bits per heavy atom. The molecular weight excluding hydrogens is 280 g/mol. The van der Waals surface area contributed by atoms with Gasteiger partial charge in [0.15, 0.2) is 0 Å². The Morgan fingerprint density at radius 3 is 2.88 bits per heavy atom. The highest BCUT2D eigenvalue weighted by Gasteiger charge is 2.12. The van der Waals surface area contributed by atoms with Crippen LogP contribution in [0.3, 0.4) is 0 Å². The molecule has 1 aromatic carbocycles. The van der Waals surface area contributed by atoms with Crippen molar-refractivity contribution in [3.63, 3.8) is 0 Å². The molecular formula is C12H15BrN4. The van der Waals surface area contributed by atoms with Gasteiger partial charge in [-0.3, -0.25) is 4.90 Å². The lowest BCUT2D eigenvalue weighted by atomic mass is 10.3. The van der Waals surface area contributed by atoms with E-state index in [9.17, 15) is 0 Å². The van der Waals surface area contributed by atoms with Gasteiger partial charge >= 0.3 is 0 Å². The molecule has 2 heterocycles. The molecule has 1 saturated heterocycles. The second kappa shape index (κ2) is 4.76. The molecule has 1 aromatic heterocycles. The van der Waals surface area contributed by atoms with E-state index in [1.807, 2.05) is 12.1 Å². The Balaban J connectivity index is 1.83. The molecule has 4 nitrogen and oxygen atoms in total. The van der Waals surface area contributed by atoms with Gasteiger partial charge in [-0.15, -0.1) is 0 Å². The van der Waals surface area contributed by atoms with E-state index in [2.05, 4.69) is 42.2 Å². The summed E-state index contributed by atoms with van der Waals surface area (Å²) in [4.78, 5) is 10.4. The number of hydrogen-bond donors (Lipinski definition) is 2. The molecule has 2 aromatic rings. The predicted octanol–water partition coefficient (Wildman–Crippen LogP) is 1.73. The van der Waals surface area contributed by atoms with Crippen molar-refractivity contribution >= 4 is 27.0 Å². The molecule has 0 bridgehead atoms. The average molecular weight is 295 g/mol. The molecule has 3 rings (SSSR count). The molecule has 2 N–H and O–H groups in total. The van der Waals surface area contributed by atoms with Crippen LogP contribution in [0.1, 0.15) is 5.82 Å². The largest absolute Gasteiger partial charge is 0.341 e. The van der Waals surface area contributed by atoms with Gasteiger partial charge in [-0.1, -0.05) is 6.07 Å². The van der Waals surface area contributed by atoms with Crippen molar-refractivity contribution in [1.82, 2.24) is 20.2 Å². The van der Waals surface area contributed by atoms with Gasteiger partial charge in [-0.2, -0.15) is 0 Å². The lowest BCUT2D eigenvalue weighted by molar-refractivity contribution is 0.229. The zero-order valence-electron chi connectivity index (χ0n) is 9.54. The van der Waals surface area contributed by atoms with E-state index in [0.717, 1.165) is 54.1 Å². The number of aromatic amines is 1. The van der Waals surface area contributed by atoms with Crippen LogP contribution in [0.25, 0.3) is 11.0 Å². The Morgan fingerprint density at radius 1 is 1.29 bits per heavy atom. The molecule has 1 fully saturated rings. The van der Waals surface area contributed by atoms with Crippen molar-refractivity contribution in [2.24, 2.45) is 0 Å². The van der Waals surface area contributed by atoms with Crippen molar-refractivity contribution in [2.45, 2.75) is 6.54 Å². The summed E-state index contributed by atoms with van der Waals surface area (Å²) in [5.74, 6) is 1.05. The van der Waals surface area contributed by atoms with Crippen LogP contribution in [0.5, 0.6) is 0 Å². The summed E-state index contributed by atoms with van der Waals surface area (Å²) >= 11 is 3.53. The van der Waals surface area contributed by atoms with Crippen LogP contribution in [-0.4, -0.2) is 41.0 Å². The number of piperazine rings is 1. The number of hydrogen-bond acceptors (Lipinski definition) is 3. The van der Waals surface area contributed by atoms with E-state index in [0.29, 0.717) is 0 Å². The van der Waals surface area contributed by atoms with Gasteiger partial charge in [0.25, 0.3) is 0 Å². The molecule has 1 aliphatic heterocycles. The predicted molar refractivity (Wildman–Crippen MR) is 71.9 cm³/mol. The molecule has 5 heteroatoms. The SMILES string of the molecule is Brc1cccc2[nH]c(CN3CCNCC3)nc12. The average Bonchev–Trinajstić information content (AvgIpc) is 2.74. The number of benzene rings is 1. The second-order valence-corrected chi connectivity index (χ2v) is 5.20. The number of rotatable bonds is 2. The number of H-pyrrole nitrogens is 1. The molecule has 17 heavy (non-hydrogen) atoms. The van der Waals surface area contributed by atoms with Crippen LogP contribution < -0.4 is 5.32 Å². The quantitative estimate of drug-likeness (QED) is 0.887. The number of halogens is 1. The summed E-state index contributed by atoms with van der Waals surface area (Å²) in [6.45, 7) is 5.24. The van der Waals surface area contributed by atoms with Gasteiger partial charge < -0.3 is 10.3 Å². The highest BCUT2D eigenvalue weighted by atomic mass is 79.9. The maximum atomic E-state index is 4.64. The zero-order valence-corrected chi connectivity index (χ0v) is 11.1. The molecule has 0 radical (unpaired) electrons.